The minimum absolute atomic E-state index is 0.00602. The minimum atomic E-state index is -0.0336. The van der Waals surface area contributed by atoms with Gasteiger partial charge in [-0.25, -0.2) is 4.98 Å². The average Bonchev–Trinajstić information content (AvgIpc) is 3.09. The molecule has 4 rings (SSSR count). The van der Waals surface area contributed by atoms with Crippen molar-refractivity contribution in [2.45, 2.75) is 6.92 Å². The molecule has 1 aliphatic heterocycles. The van der Waals surface area contributed by atoms with Crippen molar-refractivity contribution in [2.75, 3.05) is 26.3 Å². The standard InChI is InChI=1S/C20H18N2O4S/c1-12-18(20(25)22-6-8-26-9-7-22)27-19(21-12)14-2-4-15-13(10-14)3-5-17(24)16(15)11-23/h2-5,10-11,24H,6-9H2,1H3. The van der Waals surface area contributed by atoms with Gasteiger partial charge in [0.15, 0.2) is 6.29 Å². The van der Waals surface area contributed by atoms with E-state index in [9.17, 15) is 14.7 Å². The van der Waals surface area contributed by atoms with Crippen molar-refractivity contribution < 1.29 is 19.4 Å². The predicted molar refractivity (Wildman–Crippen MR) is 104 cm³/mol. The number of aryl methyl sites for hydroxylation is 1. The summed E-state index contributed by atoms with van der Waals surface area (Å²) in [5, 5.41) is 12.1. The number of aldehydes is 1. The number of carbonyl (C=O) groups excluding carboxylic acids is 2. The van der Waals surface area contributed by atoms with Crippen molar-refractivity contribution in [1.82, 2.24) is 9.88 Å². The highest BCUT2D eigenvalue weighted by Gasteiger charge is 2.23. The molecule has 0 saturated carbocycles. The van der Waals surface area contributed by atoms with Crippen LogP contribution in [0.4, 0.5) is 0 Å². The zero-order valence-corrected chi connectivity index (χ0v) is 15.6. The summed E-state index contributed by atoms with van der Waals surface area (Å²) in [5.74, 6) is -0.0396. The summed E-state index contributed by atoms with van der Waals surface area (Å²) in [6.07, 6.45) is 0.657. The molecule has 0 bridgehead atoms. The van der Waals surface area contributed by atoms with E-state index >= 15 is 0 Å². The first-order valence-corrected chi connectivity index (χ1v) is 9.46. The van der Waals surface area contributed by atoms with Crippen molar-refractivity contribution in [3.63, 3.8) is 0 Å². The fraction of sp³-hybridized carbons (Fsp3) is 0.250. The van der Waals surface area contributed by atoms with Crippen LogP contribution in [0.5, 0.6) is 5.75 Å². The molecule has 1 aromatic heterocycles. The van der Waals surface area contributed by atoms with Crippen LogP contribution in [-0.4, -0.2) is 53.5 Å². The number of aromatic nitrogens is 1. The molecule has 2 heterocycles. The number of nitrogens with zero attached hydrogens (tertiary/aromatic N) is 2. The zero-order valence-electron chi connectivity index (χ0n) is 14.8. The smallest absolute Gasteiger partial charge is 0.266 e. The lowest BCUT2D eigenvalue weighted by atomic mass is 10.0. The van der Waals surface area contributed by atoms with E-state index in [1.54, 1.807) is 17.0 Å². The quantitative estimate of drug-likeness (QED) is 0.704. The highest BCUT2D eigenvalue weighted by molar-refractivity contribution is 7.17. The molecule has 1 aliphatic rings. The molecule has 1 fully saturated rings. The maximum atomic E-state index is 12.8. The number of hydrogen-bond donors (Lipinski definition) is 1. The van der Waals surface area contributed by atoms with Gasteiger partial charge in [0.05, 0.1) is 24.5 Å². The van der Waals surface area contributed by atoms with E-state index in [0.717, 1.165) is 16.0 Å². The molecule has 3 aromatic rings. The number of ether oxygens (including phenoxy) is 1. The zero-order chi connectivity index (χ0) is 19.0. The summed E-state index contributed by atoms with van der Waals surface area (Å²) < 4.78 is 5.31. The number of phenolic OH excluding ortho intramolecular Hbond substituents is 1. The summed E-state index contributed by atoms with van der Waals surface area (Å²) in [6.45, 7) is 4.16. The summed E-state index contributed by atoms with van der Waals surface area (Å²) in [5.41, 5.74) is 1.86. The van der Waals surface area contributed by atoms with E-state index in [0.29, 0.717) is 48.5 Å². The van der Waals surface area contributed by atoms with Crippen LogP contribution in [0.2, 0.25) is 0 Å². The number of rotatable bonds is 3. The molecule has 0 unspecified atom stereocenters. The monoisotopic (exact) mass is 382 g/mol. The summed E-state index contributed by atoms with van der Waals surface area (Å²) in [7, 11) is 0. The average molecular weight is 382 g/mol. The molecule has 0 radical (unpaired) electrons. The Kier molecular flexibility index (Phi) is 4.63. The van der Waals surface area contributed by atoms with Crippen LogP contribution in [0.3, 0.4) is 0 Å². The Morgan fingerprint density at radius 3 is 2.78 bits per heavy atom. The maximum Gasteiger partial charge on any atom is 0.266 e. The molecule has 0 aliphatic carbocycles. The number of fused-ring (bicyclic) bond motifs is 1. The van der Waals surface area contributed by atoms with Crippen molar-refractivity contribution in [1.29, 1.82) is 0 Å². The van der Waals surface area contributed by atoms with Gasteiger partial charge in [0, 0.05) is 18.7 Å². The lowest BCUT2D eigenvalue weighted by Crippen LogP contribution is -2.40. The Morgan fingerprint density at radius 2 is 2.04 bits per heavy atom. The fourth-order valence-electron chi connectivity index (χ4n) is 3.23. The molecule has 1 N–H and O–H groups in total. The van der Waals surface area contributed by atoms with Gasteiger partial charge in [-0.15, -0.1) is 11.3 Å². The van der Waals surface area contributed by atoms with Crippen LogP contribution in [0.15, 0.2) is 30.3 Å². The number of hydrogen-bond acceptors (Lipinski definition) is 6. The first-order valence-electron chi connectivity index (χ1n) is 8.64. The summed E-state index contributed by atoms with van der Waals surface area (Å²) in [6, 6.07) is 8.85. The Balaban J connectivity index is 1.71. The van der Waals surface area contributed by atoms with E-state index in [4.69, 9.17) is 4.74 Å². The maximum absolute atomic E-state index is 12.8. The van der Waals surface area contributed by atoms with Crippen LogP contribution in [-0.2, 0) is 4.74 Å². The van der Waals surface area contributed by atoms with Crippen LogP contribution in [0.25, 0.3) is 21.3 Å². The van der Waals surface area contributed by atoms with Gasteiger partial charge in [0.1, 0.15) is 15.6 Å². The number of amides is 1. The molecular formula is C20H18N2O4S. The van der Waals surface area contributed by atoms with E-state index in [1.165, 1.54) is 17.4 Å². The van der Waals surface area contributed by atoms with E-state index in [1.807, 2.05) is 19.1 Å². The minimum Gasteiger partial charge on any atom is -0.507 e. The molecule has 138 valence electrons. The Hall–Kier alpha value is -2.77. The van der Waals surface area contributed by atoms with Crippen LogP contribution >= 0.6 is 11.3 Å². The third-order valence-corrected chi connectivity index (χ3v) is 5.89. The first-order chi connectivity index (χ1) is 13.1. The second-order valence-corrected chi connectivity index (χ2v) is 7.39. The summed E-state index contributed by atoms with van der Waals surface area (Å²) in [4.78, 5) is 31.0. The number of benzene rings is 2. The Bertz CT molecular complexity index is 1040. The highest BCUT2D eigenvalue weighted by atomic mass is 32.1. The van der Waals surface area contributed by atoms with Crippen molar-refractivity contribution in [3.8, 4) is 16.3 Å². The van der Waals surface area contributed by atoms with E-state index in [2.05, 4.69) is 4.98 Å². The van der Waals surface area contributed by atoms with Crippen molar-refractivity contribution in [3.05, 3.63) is 46.5 Å². The molecule has 1 saturated heterocycles. The van der Waals surface area contributed by atoms with Gasteiger partial charge in [0.2, 0.25) is 0 Å². The highest BCUT2D eigenvalue weighted by Crippen LogP contribution is 2.33. The number of aromatic hydroxyl groups is 1. The largest absolute Gasteiger partial charge is 0.507 e. The van der Waals surface area contributed by atoms with Crippen molar-refractivity contribution >= 4 is 34.3 Å². The molecule has 27 heavy (non-hydrogen) atoms. The molecule has 6 nitrogen and oxygen atoms in total. The van der Waals surface area contributed by atoms with Gasteiger partial charge in [0.25, 0.3) is 5.91 Å². The topological polar surface area (TPSA) is 79.7 Å². The van der Waals surface area contributed by atoms with Crippen LogP contribution < -0.4 is 0 Å². The Morgan fingerprint density at radius 1 is 1.26 bits per heavy atom. The molecular weight excluding hydrogens is 364 g/mol. The predicted octanol–water partition coefficient (Wildman–Crippen LogP) is 3.26. The van der Waals surface area contributed by atoms with Gasteiger partial charge in [-0.1, -0.05) is 18.2 Å². The Labute approximate surface area is 160 Å². The van der Waals surface area contributed by atoms with Crippen molar-refractivity contribution in [2.24, 2.45) is 0 Å². The van der Waals surface area contributed by atoms with Gasteiger partial charge in [-0.2, -0.15) is 0 Å². The third-order valence-electron chi connectivity index (χ3n) is 4.69. The molecule has 0 atom stereocenters. The number of morpholine rings is 1. The molecule has 1 amide bonds. The number of carbonyl (C=O) groups is 2. The van der Waals surface area contributed by atoms with Gasteiger partial charge in [-0.3, -0.25) is 9.59 Å². The molecule has 7 heteroatoms. The van der Waals surface area contributed by atoms with Crippen LogP contribution in [0, 0.1) is 6.92 Å². The number of phenols is 1. The normalized spacial score (nSPS) is 14.5. The first kappa shape index (κ1) is 17.6. The lowest BCUT2D eigenvalue weighted by Gasteiger charge is -2.26. The molecule has 0 spiro atoms. The van der Waals surface area contributed by atoms with Gasteiger partial charge in [-0.05, 0) is 29.8 Å². The fourth-order valence-corrected chi connectivity index (χ4v) is 4.26. The lowest BCUT2D eigenvalue weighted by molar-refractivity contribution is 0.0305. The van der Waals surface area contributed by atoms with E-state index in [-0.39, 0.29) is 17.2 Å². The summed E-state index contributed by atoms with van der Waals surface area (Å²) >= 11 is 1.37. The molecule has 2 aromatic carbocycles. The van der Waals surface area contributed by atoms with E-state index < -0.39 is 0 Å². The second-order valence-electron chi connectivity index (χ2n) is 6.39. The SMILES string of the molecule is Cc1nc(-c2ccc3c(C=O)c(O)ccc3c2)sc1C(=O)N1CCOCC1. The second kappa shape index (κ2) is 7.09. The van der Waals surface area contributed by atoms with Gasteiger partial charge < -0.3 is 14.7 Å². The van der Waals surface area contributed by atoms with Crippen LogP contribution in [0.1, 0.15) is 25.7 Å². The third kappa shape index (κ3) is 3.20. The number of thiazole rings is 1. The van der Waals surface area contributed by atoms with Gasteiger partial charge >= 0.3 is 0 Å².